The minimum absolute atomic E-state index is 0.148. The first kappa shape index (κ1) is 25.9. The zero-order valence-corrected chi connectivity index (χ0v) is 20.3. The van der Waals surface area contributed by atoms with E-state index in [1.54, 1.807) is 0 Å². The lowest BCUT2D eigenvalue weighted by atomic mass is 9.99. The molecule has 0 spiro atoms. The fraction of sp³-hybridized carbons (Fsp3) is 0.519. The average Bonchev–Trinajstić information content (AvgIpc) is 3.43. The van der Waals surface area contributed by atoms with Crippen LogP contribution in [0.3, 0.4) is 0 Å². The summed E-state index contributed by atoms with van der Waals surface area (Å²) >= 11 is 0. The molecule has 2 aliphatic heterocycles. The Morgan fingerprint density at radius 2 is 1.49 bits per heavy atom. The number of piperidine rings is 1. The Morgan fingerprint density at radius 1 is 0.838 bits per heavy atom. The van der Waals surface area contributed by atoms with Crippen molar-refractivity contribution < 1.29 is 31.1 Å². The van der Waals surface area contributed by atoms with E-state index in [0.717, 1.165) is 50.2 Å². The van der Waals surface area contributed by atoms with Gasteiger partial charge in [-0.2, -0.15) is 26.3 Å². The first-order chi connectivity index (χ1) is 17.4. The van der Waals surface area contributed by atoms with E-state index >= 15 is 0 Å². The molecule has 2 aromatic rings. The van der Waals surface area contributed by atoms with Gasteiger partial charge in [-0.15, -0.1) is 0 Å². The summed E-state index contributed by atoms with van der Waals surface area (Å²) in [5.41, 5.74) is -2.27. The Labute approximate surface area is 211 Å². The van der Waals surface area contributed by atoms with E-state index in [1.165, 1.54) is 31.0 Å². The second-order valence-corrected chi connectivity index (χ2v) is 10.3. The number of halogens is 6. The van der Waals surface area contributed by atoms with Gasteiger partial charge in [0.25, 0.3) is 5.91 Å². The van der Waals surface area contributed by atoms with Gasteiger partial charge in [-0.05, 0) is 87.5 Å². The third-order valence-electron chi connectivity index (χ3n) is 7.84. The summed E-state index contributed by atoms with van der Waals surface area (Å²) in [7, 11) is 0. The smallest absolute Gasteiger partial charge is 0.371 e. The van der Waals surface area contributed by atoms with Crippen LogP contribution in [-0.2, 0) is 17.9 Å². The highest BCUT2D eigenvalue weighted by Crippen LogP contribution is 2.47. The SMILES string of the molecule is O=C(NC1(c2cccc(C(F)(F)F)c2)CC1)c1cc(N2CCC(N3CCCC3)CC2)cc(C(F)(F)F)c1. The van der Waals surface area contributed by atoms with Crippen LogP contribution in [0.5, 0.6) is 0 Å². The normalized spacial score (nSPS) is 20.8. The summed E-state index contributed by atoms with van der Waals surface area (Å²) in [6.45, 7) is 3.31. The lowest BCUT2D eigenvalue weighted by Crippen LogP contribution is -2.44. The van der Waals surface area contributed by atoms with Crippen molar-refractivity contribution in [1.29, 1.82) is 0 Å². The zero-order valence-electron chi connectivity index (χ0n) is 20.3. The Morgan fingerprint density at radius 3 is 2.08 bits per heavy atom. The molecule has 5 rings (SSSR count). The Balaban J connectivity index is 1.36. The second kappa shape index (κ2) is 9.53. The third-order valence-corrected chi connectivity index (χ3v) is 7.84. The van der Waals surface area contributed by atoms with Gasteiger partial charge in [-0.25, -0.2) is 0 Å². The third kappa shape index (κ3) is 5.58. The molecule has 0 aromatic heterocycles. The van der Waals surface area contributed by atoms with Gasteiger partial charge in [0.2, 0.25) is 0 Å². The van der Waals surface area contributed by atoms with Crippen molar-refractivity contribution >= 4 is 11.6 Å². The molecule has 4 nitrogen and oxygen atoms in total. The van der Waals surface area contributed by atoms with Crippen LogP contribution in [0.2, 0.25) is 0 Å². The zero-order chi connectivity index (χ0) is 26.4. The Hall–Kier alpha value is -2.75. The van der Waals surface area contributed by atoms with E-state index in [2.05, 4.69) is 10.2 Å². The maximum absolute atomic E-state index is 13.8. The van der Waals surface area contributed by atoms with E-state index < -0.39 is 34.9 Å². The first-order valence-corrected chi connectivity index (χ1v) is 12.7. The topological polar surface area (TPSA) is 35.6 Å². The van der Waals surface area contributed by atoms with E-state index in [9.17, 15) is 31.1 Å². The molecule has 1 amide bonds. The van der Waals surface area contributed by atoms with Crippen molar-refractivity contribution in [2.24, 2.45) is 0 Å². The number of nitrogens with one attached hydrogen (secondary N) is 1. The first-order valence-electron chi connectivity index (χ1n) is 12.7. The second-order valence-electron chi connectivity index (χ2n) is 10.3. The number of rotatable bonds is 5. The van der Waals surface area contributed by atoms with Crippen LogP contribution < -0.4 is 10.2 Å². The van der Waals surface area contributed by atoms with E-state index in [0.29, 0.717) is 43.2 Å². The highest BCUT2D eigenvalue weighted by molar-refractivity contribution is 5.96. The molecular formula is C27H29F6N3O. The molecule has 0 radical (unpaired) electrons. The van der Waals surface area contributed by atoms with Gasteiger partial charge < -0.3 is 15.1 Å². The molecule has 10 heteroatoms. The number of carbonyl (C=O) groups is 1. The molecule has 2 aromatic carbocycles. The molecule has 1 saturated carbocycles. The summed E-state index contributed by atoms with van der Waals surface area (Å²) in [5.74, 6) is -0.728. The van der Waals surface area contributed by atoms with Crippen LogP contribution in [0.1, 0.15) is 65.6 Å². The molecule has 2 heterocycles. The van der Waals surface area contributed by atoms with Gasteiger partial charge >= 0.3 is 12.4 Å². The molecule has 1 N–H and O–H groups in total. The number of alkyl halides is 6. The van der Waals surface area contributed by atoms with Crippen molar-refractivity contribution in [2.45, 2.75) is 62.5 Å². The van der Waals surface area contributed by atoms with Gasteiger partial charge in [0.15, 0.2) is 0 Å². The lowest BCUT2D eigenvalue weighted by molar-refractivity contribution is -0.138. The minimum Gasteiger partial charge on any atom is -0.371 e. The number of anilines is 1. The number of amides is 1. The van der Waals surface area contributed by atoms with Crippen molar-refractivity contribution in [3.8, 4) is 0 Å². The molecule has 2 saturated heterocycles. The molecular weight excluding hydrogens is 496 g/mol. The predicted octanol–water partition coefficient (Wildman–Crippen LogP) is 6.21. The van der Waals surface area contributed by atoms with Crippen molar-refractivity contribution in [3.63, 3.8) is 0 Å². The molecule has 3 aliphatic rings. The molecule has 0 unspecified atom stereocenters. The van der Waals surface area contributed by atoms with Crippen LogP contribution in [0.25, 0.3) is 0 Å². The van der Waals surface area contributed by atoms with Crippen molar-refractivity contribution in [2.75, 3.05) is 31.1 Å². The highest BCUT2D eigenvalue weighted by Gasteiger charge is 2.47. The van der Waals surface area contributed by atoms with Crippen LogP contribution in [0.4, 0.5) is 32.0 Å². The average molecular weight is 526 g/mol. The van der Waals surface area contributed by atoms with Crippen LogP contribution in [0.15, 0.2) is 42.5 Å². The predicted molar refractivity (Wildman–Crippen MR) is 127 cm³/mol. The monoisotopic (exact) mass is 525 g/mol. The number of carbonyl (C=O) groups excluding carboxylic acids is 1. The number of hydrogen-bond donors (Lipinski definition) is 1. The largest absolute Gasteiger partial charge is 0.416 e. The van der Waals surface area contributed by atoms with Crippen LogP contribution >= 0.6 is 0 Å². The number of hydrogen-bond acceptors (Lipinski definition) is 3. The number of benzene rings is 2. The summed E-state index contributed by atoms with van der Waals surface area (Å²) in [4.78, 5) is 17.5. The fourth-order valence-corrected chi connectivity index (χ4v) is 5.58. The van der Waals surface area contributed by atoms with Gasteiger partial charge in [0.1, 0.15) is 0 Å². The van der Waals surface area contributed by atoms with Crippen molar-refractivity contribution in [3.05, 3.63) is 64.7 Å². The molecule has 37 heavy (non-hydrogen) atoms. The summed E-state index contributed by atoms with van der Waals surface area (Å²) < 4.78 is 80.8. The van der Waals surface area contributed by atoms with Gasteiger partial charge in [-0.1, -0.05) is 12.1 Å². The van der Waals surface area contributed by atoms with E-state index in [1.807, 2.05) is 4.90 Å². The highest BCUT2D eigenvalue weighted by atomic mass is 19.4. The molecule has 1 aliphatic carbocycles. The fourth-order valence-electron chi connectivity index (χ4n) is 5.58. The summed E-state index contributed by atoms with van der Waals surface area (Å²) in [6, 6.07) is 8.51. The number of likely N-dealkylation sites (tertiary alicyclic amines) is 1. The van der Waals surface area contributed by atoms with Gasteiger partial charge in [0, 0.05) is 30.4 Å². The van der Waals surface area contributed by atoms with Gasteiger partial charge in [-0.3, -0.25) is 4.79 Å². The molecule has 200 valence electrons. The lowest BCUT2D eigenvalue weighted by Gasteiger charge is -2.38. The maximum atomic E-state index is 13.8. The van der Waals surface area contributed by atoms with Crippen LogP contribution in [-0.4, -0.2) is 43.0 Å². The molecule has 3 fully saturated rings. The van der Waals surface area contributed by atoms with Gasteiger partial charge in [0.05, 0.1) is 16.7 Å². The quantitative estimate of drug-likeness (QED) is 0.472. The summed E-state index contributed by atoms with van der Waals surface area (Å²) in [6.07, 6.45) is -4.31. The molecule has 0 bridgehead atoms. The van der Waals surface area contributed by atoms with Crippen LogP contribution in [0, 0.1) is 0 Å². The summed E-state index contributed by atoms with van der Waals surface area (Å²) in [5, 5.41) is 2.73. The maximum Gasteiger partial charge on any atom is 0.416 e. The van der Waals surface area contributed by atoms with Crippen molar-refractivity contribution in [1.82, 2.24) is 10.2 Å². The minimum atomic E-state index is -4.64. The Kier molecular flexibility index (Phi) is 6.66. The van der Waals surface area contributed by atoms with E-state index in [4.69, 9.17) is 0 Å². The number of nitrogens with zero attached hydrogens (tertiary/aromatic N) is 2. The molecule has 0 atom stereocenters. The van der Waals surface area contributed by atoms with E-state index in [-0.39, 0.29) is 5.56 Å². The Bertz CT molecular complexity index is 1140. The standard InChI is InChI=1S/C27H29F6N3O/c28-26(29,30)20-5-3-4-19(16-20)25(8-9-25)34-24(37)18-14-21(27(31,32)33)17-23(15-18)36-12-6-22(7-13-36)35-10-1-2-11-35/h3-5,14-17,22H,1-2,6-13H2,(H,34,37).